The average molecular weight is 998 g/mol. The summed E-state index contributed by atoms with van der Waals surface area (Å²) in [5.41, 5.74) is 12.9. The number of amides is 10. The van der Waals surface area contributed by atoms with Gasteiger partial charge in [0.1, 0.15) is 54.1 Å². The van der Waals surface area contributed by atoms with Gasteiger partial charge in [-0.15, -0.1) is 0 Å². The van der Waals surface area contributed by atoms with Crippen LogP contribution in [0, 0.1) is 11.8 Å². The number of thiol groups is 2. The van der Waals surface area contributed by atoms with Gasteiger partial charge in [-0.1, -0.05) is 46.2 Å². The second-order valence-electron chi connectivity index (χ2n) is 16.9. The Bertz CT molecular complexity index is 1940. The number of carbonyl (C=O) groups excluding carboxylic acids is 10. The van der Waals surface area contributed by atoms with Gasteiger partial charge < -0.3 is 69.0 Å². The van der Waals surface area contributed by atoms with Crippen LogP contribution in [0.4, 0.5) is 0 Å². The maximum absolute atomic E-state index is 13.9. The quantitative estimate of drug-likeness (QED) is 0.0281. The molecule has 1 saturated heterocycles. The molecule has 1 aromatic carbocycles. The molecule has 1 fully saturated rings. The first-order valence-electron chi connectivity index (χ1n) is 22.0. The molecule has 26 heteroatoms. The molecule has 10 atom stereocenters. The van der Waals surface area contributed by atoms with Crippen LogP contribution in [-0.4, -0.2) is 158 Å². The van der Waals surface area contributed by atoms with Gasteiger partial charge in [-0.25, -0.2) is 0 Å². The van der Waals surface area contributed by atoms with E-state index < -0.39 is 132 Å². The van der Waals surface area contributed by atoms with E-state index in [2.05, 4.69) is 62.5 Å². The molecule has 1 aromatic rings. The highest BCUT2D eigenvalue weighted by molar-refractivity contribution is 7.80. The summed E-state index contributed by atoms with van der Waals surface area (Å²) < 4.78 is 0. The van der Waals surface area contributed by atoms with Crippen molar-refractivity contribution in [3.05, 3.63) is 29.8 Å². The third-order valence-corrected chi connectivity index (χ3v) is 11.7. The summed E-state index contributed by atoms with van der Waals surface area (Å²) in [6.45, 7) is 7.73. The molecule has 1 aliphatic heterocycles. The first-order chi connectivity index (χ1) is 32.0. The fraction of sp³-hybridized carbons (Fsp3) is 0.619. The van der Waals surface area contributed by atoms with E-state index in [1.165, 1.54) is 29.2 Å². The van der Waals surface area contributed by atoms with E-state index in [0.717, 1.165) is 6.92 Å². The van der Waals surface area contributed by atoms with Crippen LogP contribution in [0.3, 0.4) is 0 Å². The molecule has 0 bridgehead atoms. The van der Waals surface area contributed by atoms with E-state index in [9.17, 15) is 63.4 Å². The van der Waals surface area contributed by atoms with Crippen LogP contribution in [0.25, 0.3) is 0 Å². The molecule has 24 nitrogen and oxygen atoms in total. The second kappa shape index (κ2) is 28.6. The van der Waals surface area contributed by atoms with Crippen LogP contribution < -0.4 is 54.2 Å². The van der Waals surface area contributed by atoms with Gasteiger partial charge in [0.25, 0.3) is 0 Å². The predicted octanol–water partition coefficient (Wildman–Crippen LogP) is -4.01. The lowest BCUT2D eigenvalue weighted by atomic mass is 9.96. The molecule has 0 spiro atoms. The van der Waals surface area contributed by atoms with Crippen molar-refractivity contribution in [2.45, 2.75) is 128 Å². The third kappa shape index (κ3) is 18.4. The first kappa shape index (κ1) is 58.4. The molecular weight excluding hydrogens is 931 g/mol. The minimum atomic E-state index is -1.81. The van der Waals surface area contributed by atoms with Gasteiger partial charge in [0.05, 0.1) is 19.1 Å². The number of rotatable bonds is 28. The summed E-state index contributed by atoms with van der Waals surface area (Å²) in [6.07, 6.45) is -1.51. The van der Waals surface area contributed by atoms with Crippen molar-refractivity contribution in [1.82, 2.24) is 47.6 Å². The number of carbonyl (C=O) groups is 10. The molecule has 0 radical (unpaired) electrons. The van der Waals surface area contributed by atoms with Crippen molar-refractivity contribution >= 4 is 84.3 Å². The highest BCUT2D eigenvalue weighted by Crippen LogP contribution is 2.20. The van der Waals surface area contributed by atoms with Crippen molar-refractivity contribution in [1.29, 1.82) is 0 Å². The number of aliphatic hydroxyl groups is 1. The molecule has 0 unspecified atom stereocenters. The number of phenolic OH excluding ortho intramolecular Hbond substituents is 1. The molecule has 2 rings (SSSR count). The number of aliphatic hydroxyl groups excluding tert-OH is 1. The summed E-state index contributed by atoms with van der Waals surface area (Å²) in [4.78, 5) is 133. The number of benzene rings is 1. The number of likely N-dealkylation sites (tertiary alicyclic amines) is 1. The number of phenols is 1. The number of hydrogen-bond acceptors (Lipinski definition) is 16. The van der Waals surface area contributed by atoms with Crippen LogP contribution in [0.15, 0.2) is 24.3 Å². The van der Waals surface area contributed by atoms with Crippen LogP contribution in [-0.2, 0) is 54.4 Å². The number of nitrogens with zero attached hydrogens (tertiary/aromatic N) is 1. The Morgan fingerprint density at radius 3 is 1.78 bits per heavy atom. The Kier molecular flexibility index (Phi) is 24.6. The molecule has 0 aromatic heterocycles. The molecule has 380 valence electrons. The normalized spacial score (nSPS) is 17.4. The second-order valence-corrected chi connectivity index (χ2v) is 17.7. The molecular formula is C42H67N11O13S2. The summed E-state index contributed by atoms with van der Waals surface area (Å²) >= 11 is 8.25. The largest absolute Gasteiger partial charge is 0.508 e. The van der Waals surface area contributed by atoms with Crippen LogP contribution in [0.2, 0.25) is 0 Å². The lowest BCUT2D eigenvalue weighted by Gasteiger charge is -2.31. The fourth-order valence-electron chi connectivity index (χ4n) is 7.04. The molecule has 0 saturated carbocycles. The van der Waals surface area contributed by atoms with Crippen LogP contribution in [0.5, 0.6) is 5.75 Å². The van der Waals surface area contributed by atoms with Crippen LogP contribution in [0.1, 0.15) is 72.3 Å². The van der Waals surface area contributed by atoms with Gasteiger partial charge in [-0.05, 0) is 55.7 Å². The number of nitrogens with two attached hydrogens (primary N) is 2. The maximum atomic E-state index is 13.9. The lowest BCUT2D eigenvalue weighted by molar-refractivity contribution is -0.142. The standard InChI is InChI=1S/C42H67N11O13S2/c1-6-21(4)33(50-37(60)26(46-38(61)28(18-67)52-66)15-23-9-11-24(55)12-10-23)40(63)51-34(22(5)54)41(64)48-27(16-31(43)56)36(59)49-29(19-68)42(65)53-13-7-8-30(53)39(62)47-25(14-20(2)3)35(58)45-17-32(44)57/h9-12,20-22,25-30,33-34,52,54-55,66-68H,6-8,13-19H2,1-5H3,(H2,43,56)(H2,44,57)(H,45,58)(H,46,61)(H,47,62)(H,48,64)(H,49,59)(H,50,60)(H,51,63)/t21-,22+,25-,26-,27-,28-,29-,30-,33-,34-/m0/s1. The van der Waals surface area contributed by atoms with Gasteiger partial charge in [-0.2, -0.15) is 30.7 Å². The molecule has 15 N–H and O–H groups in total. The Hall–Kier alpha value is -5.70. The number of aromatic hydroxyl groups is 1. The minimum absolute atomic E-state index is 0.0570. The van der Waals surface area contributed by atoms with E-state index in [1.807, 2.05) is 13.8 Å². The fourth-order valence-corrected chi connectivity index (χ4v) is 7.53. The molecule has 68 heavy (non-hydrogen) atoms. The number of hydrogen-bond donors (Lipinski definition) is 15. The first-order valence-corrected chi connectivity index (χ1v) is 23.3. The Morgan fingerprint density at radius 2 is 1.25 bits per heavy atom. The molecule has 0 aliphatic carbocycles. The number of primary amides is 2. The highest BCUT2D eigenvalue weighted by Gasteiger charge is 2.41. The van der Waals surface area contributed by atoms with Crippen molar-refractivity contribution < 1.29 is 63.4 Å². The lowest BCUT2D eigenvalue weighted by Crippen LogP contribution is -2.63. The van der Waals surface area contributed by atoms with Crippen LogP contribution >= 0.6 is 25.3 Å². The van der Waals surface area contributed by atoms with Crippen molar-refractivity contribution in [2.75, 3.05) is 24.6 Å². The molecule has 1 aliphatic rings. The maximum Gasteiger partial charge on any atom is 0.246 e. The molecule has 10 amide bonds. The monoisotopic (exact) mass is 997 g/mol. The van der Waals surface area contributed by atoms with E-state index in [4.69, 9.17) is 11.5 Å². The van der Waals surface area contributed by atoms with E-state index in [0.29, 0.717) is 18.4 Å². The molecule has 1 heterocycles. The third-order valence-electron chi connectivity index (χ3n) is 11.0. The van der Waals surface area contributed by atoms with Gasteiger partial charge in [0, 0.05) is 24.5 Å². The summed E-state index contributed by atoms with van der Waals surface area (Å²) in [5, 5.41) is 47.1. The van der Waals surface area contributed by atoms with Gasteiger partial charge in [0.2, 0.25) is 59.1 Å². The number of hydroxylamine groups is 1. The SMILES string of the molecule is CC[C@H](C)[C@H](NC(=O)[C@H](Cc1ccc(O)cc1)NC(=O)[C@H](CS)NO)C(=O)N[C@H](C(=O)N[C@@H](CC(N)=O)C(=O)N[C@@H](CS)C(=O)N1CCC[C@H]1C(=O)N[C@@H](CC(C)C)C(=O)NCC(N)=O)[C@@H](C)O. The van der Waals surface area contributed by atoms with Gasteiger partial charge >= 0.3 is 0 Å². The topological polar surface area (TPSA) is 383 Å². The Labute approximate surface area is 405 Å². The minimum Gasteiger partial charge on any atom is -0.508 e. The summed E-state index contributed by atoms with van der Waals surface area (Å²) in [5.74, 6) is -10.0. The van der Waals surface area contributed by atoms with Crippen molar-refractivity contribution in [2.24, 2.45) is 23.3 Å². The highest BCUT2D eigenvalue weighted by atomic mass is 32.1. The van der Waals surface area contributed by atoms with E-state index in [-0.39, 0.29) is 49.0 Å². The Morgan fingerprint density at radius 1 is 0.706 bits per heavy atom. The predicted molar refractivity (Wildman–Crippen MR) is 251 cm³/mol. The summed E-state index contributed by atoms with van der Waals surface area (Å²) in [6, 6.07) is -5.35. The smallest absolute Gasteiger partial charge is 0.246 e. The summed E-state index contributed by atoms with van der Waals surface area (Å²) in [7, 11) is 0. The van der Waals surface area contributed by atoms with Gasteiger partial charge in [-0.3, -0.25) is 47.9 Å². The zero-order valence-corrected chi connectivity index (χ0v) is 40.4. The van der Waals surface area contributed by atoms with Gasteiger partial charge in [0.15, 0.2) is 0 Å². The van der Waals surface area contributed by atoms with Crippen molar-refractivity contribution in [3.8, 4) is 5.75 Å². The average Bonchev–Trinajstić information content (AvgIpc) is 3.78. The zero-order valence-electron chi connectivity index (χ0n) is 38.7. The van der Waals surface area contributed by atoms with E-state index >= 15 is 0 Å². The van der Waals surface area contributed by atoms with Crippen molar-refractivity contribution in [3.63, 3.8) is 0 Å². The van der Waals surface area contributed by atoms with E-state index in [1.54, 1.807) is 19.3 Å². The zero-order chi connectivity index (χ0) is 51.4. The Balaban J connectivity index is 2.30. The number of nitrogens with one attached hydrogen (secondary N) is 8.